The Balaban J connectivity index is 2.91. The molecule has 0 N–H and O–H groups in total. The van der Waals surface area contributed by atoms with E-state index in [0.29, 0.717) is 0 Å². The predicted molar refractivity (Wildman–Crippen MR) is 61.1 cm³/mol. The molecular weight excluding hydrogens is 188 g/mol. The van der Waals surface area contributed by atoms with Crippen LogP contribution in [-0.4, -0.2) is 9.55 Å². The van der Waals surface area contributed by atoms with Gasteiger partial charge in [-0.2, -0.15) is 0 Å². The number of nitrogens with zero attached hydrogens (tertiary/aromatic N) is 2. The highest BCUT2D eigenvalue weighted by atomic mass is 16.1. The van der Waals surface area contributed by atoms with Crippen LogP contribution in [0, 0.1) is 6.92 Å². The molecule has 0 atom stereocenters. The Labute approximate surface area is 88.4 Å². The molecule has 3 nitrogen and oxygen atoms in total. The van der Waals surface area contributed by atoms with Gasteiger partial charge in [0.25, 0.3) is 5.56 Å². The minimum absolute atomic E-state index is 0.0931. The summed E-state index contributed by atoms with van der Waals surface area (Å²) in [5.41, 5.74) is 2.82. The summed E-state index contributed by atoms with van der Waals surface area (Å²) in [7, 11) is 1.81. The van der Waals surface area contributed by atoms with Crippen LogP contribution in [0.2, 0.25) is 0 Å². The Morgan fingerprint density at radius 2 is 2.13 bits per heavy atom. The molecule has 2 aromatic heterocycles. The second kappa shape index (κ2) is 3.50. The summed E-state index contributed by atoms with van der Waals surface area (Å²) >= 11 is 0. The quantitative estimate of drug-likeness (QED) is 0.706. The third-order valence-electron chi connectivity index (χ3n) is 2.70. The van der Waals surface area contributed by atoms with Crippen molar-refractivity contribution < 1.29 is 0 Å². The van der Waals surface area contributed by atoms with Gasteiger partial charge >= 0.3 is 0 Å². The van der Waals surface area contributed by atoms with E-state index >= 15 is 0 Å². The normalized spacial score (nSPS) is 10.9. The van der Waals surface area contributed by atoms with Gasteiger partial charge in [-0.1, -0.05) is 6.92 Å². The molecule has 0 aliphatic rings. The number of hydrogen-bond donors (Lipinski definition) is 0. The molecular formula is C12H14N2O. The van der Waals surface area contributed by atoms with E-state index in [1.54, 1.807) is 4.57 Å². The molecule has 0 unspecified atom stereocenters. The van der Waals surface area contributed by atoms with Crippen LogP contribution in [0.5, 0.6) is 0 Å². The summed E-state index contributed by atoms with van der Waals surface area (Å²) < 4.78 is 1.70. The second-order valence-corrected chi connectivity index (χ2v) is 3.77. The van der Waals surface area contributed by atoms with Gasteiger partial charge in [0.05, 0.1) is 5.52 Å². The largest absolute Gasteiger partial charge is 0.311 e. The fourth-order valence-corrected chi connectivity index (χ4v) is 1.79. The molecule has 0 radical (unpaired) electrons. The first-order valence-electron chi connectivity index (χ1n) is 5.08. The highest BCUT2D eigenvalue weighted by molar-refractivity contribution is 5.79. The van der Waals surface area contributed by atoms with Gasteiger partial charge in [-0.25, -0.2) is 0 Å². The number of rotatable bonds is 1. The second-order valence-electron chi connectivity index (χ2n) is 3.77. The Morgan fingerprint density at radius 1 is 1.40 bits per heavy atom. The van der Waals surface area contributed by atoms with Crippen LogP contribution in [0.4, 0.5) is 0 Å². The fourth-order valence-electron chi connectivity index (χ4n) is 1.79. The van der Waals surface area contributed by atoms with E-state index in [-0.39, 0.29) is 5.56 Å². The predicted octanol–water partition coefficient (Wildman–Crippen LogP) is 1.80. The molecule has 78 valence electrons. The molecule has 2 rings (SSSR count). The zero-order chi connectivity index (χ0) is 11.0. The van der Waals surface area contributed by atoms with Crippen molar-refractivity contribution in [3.8, 4) is 0 Å². The molecule has 0 saturated heterocycles. The summed E-state index contributed by atoms with van der Waals surface area (Å²) in [5, 5.41) is 1.03. The van der Waals surface area contributed by atoms with Gasteiger partial charge in [-0.3, -0.25) is 9.78 Å². The lowest BCUT2D eigenvalue weighted by Crippen LogP contribution is -2.20. The lowest BCUT2D eigenvalue weighted by Gasteiger charge is -2.07. The molecule has 0 saturated carbocycles. The van der Waals surface area contributed by atoms with Crippen molar-refractivity contribution in [2.45, 2.75) is 20.3 Å². The maximum atomic E-state index is 11.9. The van der Waals surface area contributed by atoms with Crippen LogP contribution < -0.4 is 5.56 Å². The summed E-state index contributed by atoms with van der Waals surface area (Å²) in [4.78, 5) is 16.1. The van der Waals surface area contributed by atoms with Crippen molar-refractivity contribution in [3.05, 3.63) is 39.9 Å². The Kier molecular flexibility index (Phi) is 2.31. The molecule has 2 heterocycles. The average Bonchev–Trinajstić information content (AvgIpc) is 2.24. The van der Waals surface area contributed by atoms with E-state index in [1.165, 1.54) is 0 Å². The van der Waals surface area contributed by atoms with Crippen LogP contribution >= 0.6 is 0 Å². The Morgan fingerprint density at radius 3 is 2.80 bits per heavy atom. The minimum atomic E-state index is 0.0931. The van der Waals surface area contributed by atoms with E-state index in [2.05, 4.69) is 4.98 Å². The molecule has 0 aromatic carbocycles. The van der Waals surface area contributed by atoms with Gasteiger partial charge in [0.15, 0.2) is 0 Å². The maximum Gasteiger partial charge on any atom is 0.253 e. The molecule has 0 amide bonds. The van der Waals surface area contributed by atoms with Crippen molar-refractivity contribution >= 4 is 10.9 Å². The maximum absolute atomic E-state index is 11.9. The Hall–Kier alpha value is -1.64. The molecule has 0 aliphatic heterocycles. The SMILES string of the molecule is CCc1cc2cnc(C)cc2n(C)c1=O. The summed E-state index contributed by atoms with van der Waals surface area (Å²) in [5.74, 6) is 0. The topological polar surface area (TPSA) is 34.9 Å². The zero-order valence-corrected chi connectivity index (χ0v) is 9.24. The van der Waals surface area contributed by atoms with Gasteiger partial charge in [0, 0.05) is 29.9 Å². The number of fused-ring (bicyclic) bond motifs is 1. The number of hydrogen-bond acceptors (Lipinski definition) is 2. The van der Waals surface area contributed by atoms with Crippen LogP contribution in [-0.2, 0) is 13.5 Å². The van der Waals surface area contributed by atoms with Crippen molar-refractivity contribution in [2.75, 3.05) is 0 Å². The average molecular weight is 202 g/mol. The standard InChI is InChI=1S/C12H14N2O/c1-4-9-6-10-7-13-8(2)5-11(10)14(3)12(9)15/h5-7H,4H2,1-3H3. The summed E-state index contributed by atoms with van der Waals surface area (Å²) in [6.45, 7) is 3.92. The van der Waals surface area contributed by atoms with Crippen molar-refractivity contribution in [1.29, 1.82) is 0 Å². The highest BCUT2D eigenvalue weighted by Gasteiger charge is 2.05. The zero-order valence-electron chi connectivity index (χ0n) is 9.24. The van der Waals surface area contributed by atoms with Gasteiger partial charge in [0.2, 0.25) is 0 Å². The smallest absolute Gasteiger partial charge is 0.253 e. The minimum Gasteiger partial charge on any atom is -0.311 e. The van der Waals surface area contributed by atoms with E-state index in [0.717, 1.165) is 28.6 Å². The van der Waals surface area contributed by atoms with Gasteiger partial charge in [0.1, 0.15) is 0 Å². The van der Waals surface area contributed by atoms with E-state index < -0.39 is 0 Å². The third kappa shape index (κ3) is 1.54. The first-order valence-corrected chi connectivity index (χ1v) is 5.08. The number of pyridine rings is 2. The van der Waals surface area contributed by atoms with Crippen molar-refractivity contribution in [1.82, 2.24) is 9.55 Å². The van der Waals surface area contributed by atoms with Crippen LogP contribution in [0.3, 0.4) is 0 Å². The van der Waals surface area contributed by atoms with Gasteiger partial charge < -0.3 is 4.57 Å². The molecule has 3 heteroatoms. The number of aromatic nitrogens is 2. The molecule has 0 aliphatic carbocycles. The van der Waals surface area contributed by atoms with Crippen LogP contribution in [0.25, 0.3) is 10.9 Å². The fraction of sp³-hybridized carbons (Fsp3) is 0.333. The molecule has 0 fully saturated rings. The van der Waals surface area contributed by atoms with E-state index in [9.17, 15) is 4.79 Å². The lowest BCUT2D eigenvalue weighted by molar-refractivity contribution is 0.874. The molecule has 15 heavy (non-hydrogen) atoms. The first-order chi connectivity index (χ1) is 7.13. The van der Waals surface area contributed by atoms with Gasteiger partial charge in [-0.15, -0.1) is 0 Å². The monoisotopic (exact) mass is 202 g/mol. The van der Waals surface area contributed by atoms with E-state index in [1.807, 2.05) is 39.2 Å². The van der Waals surface area contributed by atoms with E-state index in [4.69, 9.17) is 0 Å². The first kappa shape index (κ1) is 9.90. The van der Waals surface area contributed by atoms with Gasteiger partial charge in [-0.05, 0) is 25.5 Å². The number of aryl methyl sites for hydroxylation is 3. The van der Waals surface area contributed by atoms with Crippen LogP contribution in [0.1, 0.15) is 18.2 Å². The van der Waals surface area contributed by atoms with Crippen molar-refractivity contribution in [3.63, 3.8) is 0 Å². The molecule has 2 aromatic rings. The summed E-state index contributed by atoms with van der Waals surface area (Å²) in [6, 6.07) is 3.88. The molecule has 0 bridgehead atoms. The highest BCUT2D eigenvalue weighted by Crippen LogP contribution is 2.12. The Bertz CT molecular complexity index is 570. The molecule has 0 spiro atoms. The summed E-state index contributed by atoms with van der Waals surface area (Å²) in [6.07, 6.45) is 2.58. The lowest BCUT2D eigenvalue weighted by atomic mass is 10.1. The van der Waals surface area contributed by atoms with Crippen molar-refractivity contribution in [2.24, 2.45) is 7.05 Å². The van der Waals surface area contributed by atoms with Crippen LogP contribution in [0.15, 0.2) is 23.1 Å². The third-order valence-corrected chi connectivity index (χ3v) is 2.70.